The first kappa shape index (κ1) is 39.3. The zero-order valence-corrected chi connectivity index (χ0v) is 32.2. The van der Waals surface area contributed by atoms with Crippen LogP contribution in [0.15, 0.2) is 101 Å². The summed E-state index contributed by atoms with van der Waals surface area (Å²) in [5.41, 5.74) is -1.13. The van der Waals surface area contributed by atoms with Crippen LogP contribution in [0.2, 0.25) is 0 Å². The smallest absolute Gasteiger partial charge is 0.330 e. The summed E-state index contributed by atoms with van der Waals surface area (Å²) in [7, 11) is 1.48. The SMILES string of the molecule is COc1ccc(C(OC[C@@]23CO[C@H]([C@H](n4ccc(=O)[nH]c4=O)O2)[C@H]3OP(OCCC#N)N(C(C)C)C(C)C)(c2ccccc2)c2ccc(OC)cc2)cc1. The maximum absolute atomic E-state index is 13.2. The number of hydrogen-bond acceptors (Lipinski definition) is 11. The molecule has 13 nitrogen and oxygen atoms in total. The molecule has 2 bridgehead atoms. The third kappa shape index (κ3) is 7.74. The molecule has 2 aliphatic rings. The minimum atomic E-state index is -1.76. The fourth-order valence-electron chi connectivity index (χ4n) is 7.20. The molecule has 0 amide bonds. The number of benzene rings is 3. The third-order valence-electron chi connectivity index (χ3n) is 9.67. The number of methoxy groups -OCH3 is 2. The monoisotopic (exact) mass is 758 g/mol. The summed E-state index contributed by atoms with van der Waals surface area (Å²) in [6, 6.07) is 28.8. The molecule has 3 aromatic carbocycles. The van der Waals surface area contributed by atoms with Gasteiger partial charge in [-0.1, -0.05) is 54.6 Å². The molecule has 0 radical (unpaired) electrons. The number of rotatable bonds is 17. The summed E-state index contributed by atoms with van der Waals surface area (Å²) in [4.78, 5) is 27.6. The summed E-state index contributed by atoms with van der Waals surface area (Å²) in [6.07, 6.45) is -0.968. The topological polar surface area (TPSA) is 147 Å². The summed E-state index contributed by atoms with van der Waals surface area (Å²) in [5.74, 6) is 1.37. The number of fused-ring (bicyclic) bond motifs is 2. The van der Waals surface area contributed by atoms with Crippen LogP contribution in [-0.4, -0.2) is 78.2 Å². The number of hydrogen-bond donors (Lipinski definition) is 1. The number of aromatic nitrogens is 2. The van der Waals surface area contributed by atoms with E-state index in [4.69, 9.17) is 32.7 Å². The van der Waals surface area contributed by atoms with Crippen LogP contribution in [0.25, 0.3) is 0 Å². The Balaban J connectivity index is 1.48. The lowest BCUT2D eigenvalue weighted by molar-refractivity contribution is -0.203. The molecule has 2 saturated heterocycles. The quantitative estimate of drug-likeness (QED) is 0.0782. The first-order valence-electron chi connectivity index (χ1n) is 17.9. The molecule has 1 unspecified atom stereocenters. The second-order valence-electron chi connectivity index (χ2n) is 13.7. The lowest BCUT2D eigenvalue weighted by Crippen LogP contribution is -2.49. The molecular weight excluding hydrogens is 711 g/mol. The largest absolute Gasteiger partial charge is 0.497 e. The van der Waals surface area contributed by atoms with E-state index in [2.05, 4.69) is 43.4 Å². The Morgan fingerprint density at radius 3 is 2.06 bits per heavy atom. The lowest BCUT2D eigenvalue weighted by Gasteiger charge is -2.41. The summed E-state index contributed by atoms with van der Waals surface area (Å²) >= 11 is 0. The molecule has 0 spiro atoms. The molecule has 5 atom stereocenters. The van der Waals surface area contributed by atoms with Crippen molar-refractivity contribution in [2.75, 3.05) is 34.0 Å². The predicted octanol–water partition coefficient (Wildman–Crippen LogP) is 5.89. The zero-order chi connectivity index (χ0) is 38.5. The van der Waals surface area contributed by atoms with E-state index < -0.39 is 49.4 Å². The average molecular weight is 759 g/mol. The lowest BCUT2D eigenvalue weighted by atomic mass is 9.79. The number of nitrogens with one attached hydrogen (secondary N) is 1. The number of aromatic amines is 1. The van der Waals surface area contributed by atoms with E-state index in [1.54, 1.807) is 14.2 Å². The van der Waals surface area contributed by atoms with Crippen LogP contribution < -0.4 is 20.7 Å². The fourth-order valence-corrected chi connectivity index (χ4v) is 9.01. The molecule has 0 saturated carbocycles. The number of ether oxygens (including phenoxy) is 5. The van der Waals surface area contributed by atoms with Crippen molar-refractivity contribution in [1.82, 2.24) is 14.2 Å². The highest BCUT2D eigenvalue weighted by molar-refractivity contribution is 7.44. The van der Waals surface area contributed by atoms with Gasteiger partial charge in [0.2, 0.25) is 0 Å². The standard InChI is InChI=1S/C40H47N4O9P/c1-27(2)44(28(3)4)54(51-24-10-22-41)53-36-35-37(43-23-21-34(45)42-38(43)46)52-39(36,25-49-35)26-50-40(29-11-8-7-9-12-29,30-13-17-32(47-5)18-14-30)31-15-19-33(48-6)20-16-31/h7-9,11-21,23,27-28,35-37H,10,24-26H2,1-6H3,(H,42,45,46)/t35-,36+,37+,39+,54?/m0/s1. The Morgan fingerprint density at radius 2 is 1.52 bits per heavy atom. The van der Waals surface area contributed by atoms with Gasteiger partial charge < -0.3 is 32.7 Å². The second-order valence-corrected chi connectivity index (χ2v) is 15.1. The molecular formula is C40H47N4O9P. The number of nitriles is 1. The molecule has 6 rings (SSSR count). The normalized spacial score (nSPS) is 21.4. The van der Waals surface area contributed by atoms with E-state index in [-0.39, 0.29) is 38.3 Å². The molecule has 14 heteroatoms. The highest BCUT2D eigenvalue weighted by Crippen LogP contribution is 2.56. The number of H-pyrrole nitrogens is 1. The Hall–Kier alpha value is -4.38. The molecule has 1 N–H and O–H groups in total. The van der Waals surface area contributed by atoms with Gasteiger partial charge in [0.1, 0.15) is 34.9 Å². The predicted molar refractivity (Wildman–Crippen MR) is 202 cm³/mol. The summed E-state index contributed by atoms with van der Waals surface area (Å²) < 4.78 is 48.5. The van der Waals surface area contributed by atoms with Gasteiger partial charge in [-0.15, -0.1) is 0 Å². The van der Waals surface area contributed by atoms with Crippen LogP contribution in [0.3, 0.4) is 0 Å². The first-order valence-corrected chi connectivity index (χ1v) is 19.0. The van der Waals surface area contributed by atoms with E-state index in [9.17, 15) is 14.9 Å². The highest BCUT2D eigenvalue weighted by atomic mass is 31.2. The molecule has 54 heavy (non-hydrogen) atoms. The molecule has 2 aliphatic heterocycles. The van der Waals surface area contributed by atoms with Gasteiger partial charge in [-0.25, -0.2) is 9.46 Å². The van der Waals surface area contributed by atoms with Gasteiger partial charge in [-0.05, 0) is 68.7 Å². The van der Waals surface area contributed by atoms with Gasteiger partial charge in [0, 0.05) is 24.3 Å². The third-order valence-corrected chi connectivity index (χ3v) is 11.8. The van der Waals surface area contributed by atoms with Crippen LogP contribution in [0.4, 0.5) is 0 Å². The van der Waals surface area contributed by atoms with Crippen LogP contribution >= 0.6 is 8.53 Å². The van der Waals surface area contributed by atoms with Gasteiger partial charge in [-0.3, -0.25) is 14.3 Å². The van der Waals surface area contributed by atoms with Gasteiger partial charge >= 0.3 is 5.69 Å². The van der Waals surface area contributed by atoms with E-state index in [1.807, 2.05) is 78.9 Å². The zero-order valence-electron chi connectivity index (χ0n) is 31.3. The summed E-state index contributed by atoms with van der Waals surface area (Å²) in [6.45, 7) is 8.42. The maximum atomic E-state index is 13.2. The Labute approximate surface area is 316 Å². The van der Waals surface area contributed by atoms with Crippen molar-refractivity contribution in [3.63, 3.8) is 0 Å². The van der Waals surface area contributed by atoms with Gasteiger partial charge in [0.25, 0.3) is 14.1 Å². The van der Waals surface area contributed by atoms with Gasteiger partial charge in [0.05, 0.1) is 46.5 Å². The van der Waals surface area contributed by atoms with Crippen LogP contribution in [0.5, 0.6) is 11.5 Å². The van der Waals surface area contributed by atoms with E-state index in [1.165, 1.54) is 16.8 Å². The molecule has 286 valence electrons. The maximum Gasteiger partial charge on any atom is 0.330 e. The molecule has 1 aromatic heterocycles. The highest BCUT2D eigenvalue weighted by Gasteiger charge is 2.65. The molecule has 3 heterocycles. The van der Waals surface area contributed by atoms with Crippen molar-refractivity contribution in [2.24, 2.45) is 0 Å². The Kier molecular flexibility index (Phi) is 12.4. The van der Waals surface area contributed by atoms with Crippen LogP contribution in [0.1, 0.15) is 57.0 Å². The van der Waals surface area contributed by atoms with Crippen molar-refractivity contribution >= 4 is 8.53 Å². The Bertz CT molecular complexity index is 1940. The van der Waals surface area contributed by atoms with Crippen molar-refractivity contribution in [3.05, 3.63) is 129 Å². The van der Waals surface area contributed by atoms with Crippen molar-refractivity contribution in [3.8, 4) is 17.6 Å². The van der Waals surface area contributed by atoms with Gasteiger partial charge in [0.15, 0.2) is 6.23 Å². The Morgan fingerprint density at radius 1 is 0.926 bits per heavy atom. The molecule has 0 aliphatic carbocycles. The molecule has 4 aromatic rings. The van der Waals surface area contributed by atoms with Crippen molar-refractivity contribution < 1.29 is 32.7 Å². The number of nitrogens with zero attached hydrogens (tertiary/aromatic N) is 3. The van der Waals surface area contributed by atoms with Crippen LogP contribution in [-0.2, 0) is 28.9 Å². The van der Waals surface area contributed by atoms with E-state index in [0.29, 0.717) is 11.5 Å². The van der Waals surface area contributed by atoms with Crippen molar-refractivity contribution in [2.45, 2.75) is 75.8 Å². The fraction of sp³-hybridized carbons (Fsp3) is 0.425. The van der Waals surface area contributed by atoms with Gasteiger partial charge in [-0.2, -0.15) is 5.26 Å². The average Bonchev–Trinajstić information content (AvgIpc) is 3.66. The van der Waals surface area contributed by atoms with E-state index >= 15 is 0 Å². The van der Waals surface area contributed by atoms with E-state index in [0.717, 1.165) is 16.7 Å². The first-order chi connectivity index (χ1) is 26.1. The minimum absolute atomic E-state index is 0.0276. The molecule has 2 fully saturated rings. The van der Waals surface area contributed by atoms with Crippen LogP contribution in [0, 0.1) is 11.3 Å². The van der Waals surface area contributed by atoms with Crippen molar-refractivity contribution in [1.29, 1.82) is 5.26 Å². The summed E-state index contributed by atoms with van der Waals surface area (Å²) in [5, 5.41) is 9.34. The minimum Gasteiger partial charge on any atom is -0.497 e. The second kappa shape index (κ2) is 17.0.